The number of rotatable bonds is 2. The molecule has 0 amide bonds. The van der Waals surface area contributed by atoms with Gasteiger partial charge in [-0.3, -0.25) is 14.9 Å². The highest BCUT2D eigenvalue weighted by molar-refractivity contribution is 6.00. The maximum absolute atomic E-state index is 12.8. The van der Waals surface area contributed by atoms with E-state index in [1.807, 2.05) is 19.9 Å². The first-order valence-corrected chi connectivity index (χ1v) is 7.82. The standard InChI is InChI=1S/C18H17N3O4/c1-18(2)7-13(22)16-14(8-18)25-17(20)12(9-19)15(16)10-4-3-5-11(6-10)21(23)24/h3-6,15H,7-8,20H2,1-2H3/t15-/m1/s1. The number of Topliss-reactive ketones (excluding diaryl/α,β-unsaturated/α-hetero) is 1. The van der Waals surface area contributed by atoms with Crippen molar-refractivity contribution in [2.45, 2.75) is 32.6 Å². The molecule has 2 aliphatic rings. The number of hydrogen-bond donors (Lipinski definition) is 1. The molecule has 0 saturated carbocycles. The molecule has 0 fully saturated rings. The van der Waals surface area contributed by atoms with Gasteiger partial charge in [0.25, 0.3) is 5.69 Å². The third kappa shape index (κ3) is 2.87. The van der Waals surface area contributed by atoms with Gasteiger partial charge in [-0.05, 0) is 11.0 Å². The van der Waals surface area contributed by atoms with E-state index in [1.165, 1.54) is 18.2 Å². The summed E-state index contributed by atoms with van der Waals surface area (Å²) < 4.78 is 5.59. The molecule has 0 aromatic heterocycles. The van der Waals surface area contributed by atoms with Crippen LogP contribution in [0.15, 0.2) is 47.1 Å². The van der Waals surface area contributed by atoms with Crippen LogP contribution in [0.1, 0.15) is 38.2 Å². The van der Waals surface area contributed by atoms with Crippen LogP contribution in [0.4, 0.5) is 5.69 Å². The quantitative estimate of drug-likeness (QED) is 0.653. The minimum atomic E-state index is -0.739. The average molecular weight is 339 g/mol. The van der Waals surface area contributed by atoms with Crippen LogP contribution in [-0.4, -0.2) is 10.7 Å². The lowest BCUT2D eigenvalue weighted by atomic mass is 9.70. The predicted molar refractivity (Wildman–Crippen MR) is 88.8 cm³/mol. The third-order valence-corrected chi connectivity index (χ3v) is 4.49. The van der Waals surface area contributed by atoms with Crippen LogP contribution >= 0.6 is 0 Å². The molecule has 0 spiro atoms. The highest BCUT2D eigenvalue weighted by Crippen LogP contribution is 2.48. The van der Waals surface area contributed by atoms with E-state index in [-0.39, 0.29) is 28.3 Å². The van der Waals surface area contributed by atoms with Gasteiger partial charge in [0.1, 0.15) is 17.4 Å². The fourth-order valence-corrected chi connectivity index (χ4v) is 3.44. The van der Waals surface area contributed by atoms with E-state index in [9.17, 15) is 20.2 Å². The van der Waals surface area contributed by atoms with Gasteiger partial charge < -0.3 is 10.5 Å². The number of hydrogen-bond acceptors (Lipinski definition) is 6. The molecule has 1 aromatic carbocycles. The number of carbonyl (C=O) groups is 1. The minimum absolute atomic E-state index is 0.0525. The number of ether oxygens (including phenoxy) is 1. The maximum atomic E-state index is 12.8. The first-order chi connectivity index (χ1) is 11.7. The molecule has 0 radical (unpaired) electrons. The summed E-state index contributed by atoms with van der Waals surface area (Å²) in [6, 6.07) is 7.93. The van der Waals surface area contributed by atoms with Crippen molar-refractivity contribution in [2.24, 2.45) is 11.1 Å². The molecule has 1 aliphatic heterocycles. The first kappa shape index (κ1) is 16.7. The van der Waals surface area contributed by atoms with Gasteiger partial charge in [0.2, 0.25) is 5.88 Å². The van der Waals surface area contributed by atoms with Gasteiger partial charge >= 0.3 is 0 Å². The van der Waals surface area contributed by atoms with Crippen molar-refractivity contribution < 1.29 is 14.5 Å². The summed E-state index contributed by atoms with van der Waals surface area (Å²) in [6.07, 6.45) is 0.831. The molecule has 0 unspecified atom stereocenters. The predicted octanol–water partition coefficient (Wildman–Crippen LogP) is 3.05. The summed E-state index contributed by atoms with van der Waals surface area (Å²) in [7, 11) is 0. The second kappa shape index (κ2) is 5.74. The molecule has 1 heterocycles. The number of nitrogens with zero attached hydrogens (tertiary/aromatic N) is 2. The molecule has 25 heavy (non-hydrogen) atoms. The highest BCUT2D eigenvalue weighted by Gasteiger charge is 2.43. The van der Waals surface area contributed by atoms with Gasteiger partial charge in [0.05, 0.1) is 10.8 Å². The monoisotopic (exact) mass is 339 g/mol. The SMILES string of the molecule is CC1(C)CC(=O)C2=C(C1)OC(N)=C(C#N)[C@H]2c1cccc([N+](=O)[O-])c1. The number of nitro groups is 1. The number of allylic oxidation sites excluding steroid dienone is 3. The van der Waals surface area contributed by atoms with Gasteiger partial charge in [-0.2, -0.15) is 5.26 Å². The molecule has 1 atom stereocenters. The summed E-state index contributed by atoms with van der Waals surface area (Å²) in [5.74, 6) is -0.460. The van der Waals surface area contributed by atoms with Crippen LogP contribution in [0.5, 0.6) is 0 Å². The zero-order valence-electron chi connectivity index (χ0n) is 13.9. The van der Waals surface area contributed by atoms with Gasteiger partial charge in [-0.25, -0.2) is 0 Å². The Bertz CT molecular complexity index is 890. The van der Waals surface area contributed by atoms with Crippen LogP contribution in [0.25, 0.3) is 0 Å². The molecular weight excluding hydrogens is 322 g/mol. The topological polar surface area (TPSA) is 119 Å². The van der Waals surface area contributed by atoms with E-state index >= 15 is 0 Å². The fourth-order valence-electron chi connectivity index (χ4n) is 3.44. The Morgan fingerprint density at radius 3 is 2.76 bits per heavy atom. The number of nitriles is 1. The van der Waals surface area contributed by atoms with Crippen molar-refractivity contribution in [3.8, 4) is 6.07 Å². The van der Waals surface area contributed by atoms with E-state index in [0.717, 1.165) is 0 Å². The zero-order valence-corrected chi connectivity index (χ0v) is 13.9. The number of benzene rings is 1. The summed E-state index contributed by atoms with van der Waals surface area (Å²) in [4.78, 5) is 23.3. The molecule has 7 heteroatoms. The van der Waals surface area contributed by atoms with Crippen molar-refractivity contribution in [3.05, 3.63) is 62.7 Å². The molecule has 1 aromatic rings. The Labute approximate surface area is 144 Å². The number of nitrogens with two attached hydrogens (primary N) is 1. The first-order valence-electron chi connectivity index (χ1n) is 7.82. The van der Waals surface area contributed by atoms with Crippen LogP contribution in [0.2, 0.25) is 0 Å². The Morgan fingerprint density at radius 2 is 2.12 bits per heavy atom. The summed E-state index contributed by atoms with van der Waals surface area (Å²) in [5, 5.41) is 20.6. The molecule has 128 valence electrons. The molecule has 0 bridgehead atoms. The van der Waals surface area contributed by atoms with Crippen molar-refractivity contribution in [1.82, 2.24) is 0 Å². The summed E-state index contributed by atoms with van der Waals surface area (Å²) in [6.45, 7) is 3.92. The number of non-ortho nitro benzene ring substituents is 1. The van der Waals surface area contributed by atoms with Crippen molar-refractivity contribution in [3.63, 3.8) is 0 Å². The molecule has 2 N–H and O–H groups in total. The Kier molecular flexibility index (Phi) is 3.84. The Hall–Kier alpha value is -3.14. The fraction of sp³-hybridized carbons (Fsp3) is 0.333. The summed E-state index contributed by atoms with van der Waals surface area (Å²) in [5.41, 5.74) is 6.50. The number of nitro benzene ring substituents is 1. The molecular formula is C18H17N3O4. The minimum Gasteiger partial charge on any atom is -0.444 e. The number of carbonyl (C=O) groups excluding carboxylic acids is 1. The second-order valence-electron chi connectivity index (χ2n) is 7.05. The van der Waals surface area contributed by atoms with E-state index in [2.05, 4.69) is 0 Å². The smallest absolute Gasteiger partial charge is 0.269 e. The van der Waals surface area contributed by atoms with Gasteiger partial charge in [0, 0.05) is 30.5 Å². The van der Waals surface area contributed by atoms with Crippen LogP contribution in [0.3, 0.4) is 0 Å². The van der Waals surface area contributed by atoms with E-state index in [0.29, 0.717) is 29.7 Å². The number of ketones is 1. The average Bonchev–Trinajstić information content (AvgIpc) is 2.52. The zero-order chi connectivity index (χ0) is 18.4. The third-order valence-electron chi connectivity index (χ3n) is 4.49. The van der Waals surface area contributed by atoms with Crippen LogP contribution in [0, 0.1) is 26.9 Å². The van der Waals surface area contributed by atoms with E-state index < -0.39 is 10.8 Å². The van der Waals surface area contributed by atoms with Crippen LogP contribution in [-0.2, 0) is 9.53 Å². The van der Waals surface area contributed by atoms with Gasteiger partial charge in [0.15, 0.2) is 5.78 Å². The molecule has 3 rings (SSSR count). The lowest BCUT2D eigenvalue weighted by Crippen LogP contribution is -2.33. The normalized spacial score (nSPS) is 22.1. The lowest BCUT2D eigenvalue weighted by Gasteiger charge is -2.37. The molecule has 7 nitrogen and oxygen atoms in total. The Morgan fingerprint density at radius 1 is 1.40 bits per heavy atom. The van der Waals surface area contributed by atoms with Crippen molar-refractivity contribution in [1.29, 1.82) is 5.26 Å². The lowest BCUT2D eigenvalue weighted by molar-refractivity contribution is -0.384. The molecule has 1 aliphatic carbocycles. The maximum Gasteiger partial charge on any atom is 0.269 e. The van der Waals surface area contributed by atoms with E-state index in [1.54, 1.807) is 6.07 Å². The highest BCUT2D eigenvalue weighted by atomic mass is 16.6. The second-order valence-corrected chi connectivity index (χ2v) is 7.05. The van der Waals surface area contributed by atoms with Gasteiger partial charge in [-0.1, -0.05) is 26.0 Å². The van der Waals surface area contributed by atoms with Gasteiger partial charge in [-0.15, -0.1) is 0 Å². The molecule has 0 saturated heterocycles. The summed E-state index contributed by atoms with van der Waals surface area (Å²) >= 11 is 0. The van der Waals surface area contributed by atoms with Crippen LogP contribution < -0.4 is 5.73 Å². The largest absolute Gasteiger partial charge is 0.444 e. The van der Waals surface area contributed by atoms with E-state index in [4.69, 9.17) is 10.5 Å². The van der Waals surface area contributed by atoms with Crippen molar-refractivity contribution in [2.75, 3.05) is 0 Å². The van der Waals surface area contributed by atoms with Crippen molar-refractivity contribution >= 4 is 11.5 Å². The Balaban J connectivity index is 2.20.